The van der Waals surface area contributed by atoms with E-state index in [1.807, 2.05) is 0 Å². The maximum atomic E-state index is 6.89. The summed E-state index contributed by atoms with van der Waals surface area (Å²) in [4.78, 5) is 2.33. The number of benzene rings is 3. The standard InChI is InChI=1S/C30H37N2OP/c1-7-8-20-33-34(25-14-10-9-11-15-25,31-27-19-18-23(2)21-24(27)3)22-29-30(4,5)26-16-12-13-17-28(26)32(29)6/h9-19,21-22H,7-8,20H2,1-6H3. The van der Waals surface area contributed by atoms with Gasteiger partial charge in [0.15, 0.2) is 0 Å². The molecule has 3 aromatic carbocycles. The molecule has 4 heteroatoms. The molecule has 0 saturated carbocycles. The molecule has 1 aliphatic heterocycles. The zero-order valence-corrected chi connectivity index (χ0v) is 22.3. The number of fused-ring (bicyclic) bond motifs is 1. The summed E-state index contributed by atoms with van der Waals surface area (Å²) in [5.74, 6) is 2.37. The summed E-state index contributed by atoms with van der Waals surface area (Å²) in [7, 11) is -0.347. The lowest BCUT2D eigenvalue weighted by atomic mass is 9.84. The molecular weight excluding hydrogens is 435 g/mol. The van der Waals surface area contributed by atoms with Crippen LogP contribution in [0, 0.1) is 13.8 Å². The third-order valence-electron chi connectivity index (χ3n) is 6.76. The fraction of sp³-hybridized carbons (Fsp3) is 0.333. The Morgan fingerprint density at radius 1 is 0.971 bits per heavy atom. The van der Waals surface area contributed by atoms with Gasteiger partial charge >= 0.3 is 0 Å². The Morgan fingerprint density at radius 2 is 1.68 bits per heavy atom. The Morgan fingerprint density at radius 3 is 2.35 bits per heavy atom. The van der Waals surface area contributed by atoms with Crippen LogP contribution in [0.15, 0.2) is 89.1 Å². The lowest BCUT2D eigenvalue weighted by molar-refractivity contribution is 0.344. The van der Waals surface area contributed by atoms with Crippen LogP contribution in [-0.4, -0.2) is 13.7 Å². The van der Waals surface area contributed by atoms with E-state index in [0.717, 1.165) is 23.8 Å². The molecule has 1 aliphatic rings. The molecule has 1 heterocycles. The first-order chi connectivity index (χ1) is 16.3. The van der Waals surface area contributed by atoms with Crippen molar-refractivity contribution < 1.29 is 4.52 Å². The number of para-hydroxylation sites is 1. The van der Waals surface area contributed by atoms with Crippen LogP contribution in [0.3, 0.4) is 0 Å². The molecule has 0 bridgehead atoms. The second-order valence-corrected chi connectivity index (χ2v) is 12.2. The van der Waals surface area contributed by atoms with Crippen LogP contribution in [0.1, 0.15) is 50.3 Å². The highest BCUT2D eigenvalue weighted by Gasteiger charge is 2.40. The van der Waals surface area contributed by atoms with Crippen molar-refractivity contribution in [3.8, 4) is 0 Å². The van der Waals surface area contributed by atoms with Gasteiger partial charge in [-0.15, -0.1) is 0 Å². The van der Waals surface area contributed by atoms with Gasteiger partial charge in [-0.25, -0.2) is 4.74 Å². The Bertz CT molecular complexity index is 1240. The Kier molecular flexibility index (Phi) is 7.17. The van der Waals surface area contributed by atoms with Gasteiger partial charge in [-0.05, 0) is 43.5 Å². The van der Waals surface area contributed by atoms with Crippen LogP contribution in [0.4, 0.5) is 11.4 Å². The average molecular weight is 473 g/mol. The lowest BCUT2D eigenvalue weighted by Gasteiger charge is -2.29. The zero-order chi connectivity index (χ0) is 24.3. The third kappa shape index (κ3) is 4.65. The van der Waals surface area contributed by atoms with Crippen LogP contribution >= 0.6 is 7.28 Å². The van der Waals surface area contributed by atoms with Crippen LogP contribution < -0.4 is 10.2 Å². The topological polar surface area (TPSA) is 24.8 Å². The minimum absolute atomic E-state index is 0.142. The van der Waals surface area contributed by atoms with Gasteiger partial charge in [-0.1, -0.05) is 93.4 Å². The van der Waals surface area contributed by atoms with Crippen molar-refractivity contribution >= 4 is 24.0 Å². The minimum atomic E-state index is -2.52. The molecule has 0 fully saturated rings. The summed E-state index contributed by atoms with van der Waals surface area (Å²) in [6.07, 6.45) is 2.10. The van der Waals surface area contributed by atoms with Crippen molar-refractivity contribution in [2.75, 3.05) is 18.6 Å². The number of hydrogen-bond donors (Lipinski definition) is 0. The van der Waals surface area contributed by atoms with Crippen LogP contribution in [0.5, 0.6) is 0 Å². The number of aryl methyl sites for hydroxylation is 2. The number of anilines is 1. The maximum Gasteiger partial charge on any atom is 0.143 e. The van der Waals surface area contributed by atoms with E-state index >= 15 is 0 Å². The van der Waals surface area contributed by atoms with E-state index in [0.29, 0.717) is 6.61 Å². The molecule has 34 heavy (non-hydrogen) atoms. The quantitative estimate of drug-likeness (QED) is 0.254. The number of allylic oxidation sites excluding steroid dienone is 1. The van der Waals surface area contributed by atoms with Crippen molar-refractivity contribution in [2.24, 2.45) is 4.74 Å². The first-order valence-corrected chi connectivity index (χ1v) is 14.0. The van der Waals surface area contributed by atoms with Gasteiger partial charge < -0.3 is 9.42 Å². The predicted octanol–water partition coefficient (Wildman–Crippen LogP) is 8.46. The molecule has 0 N–H and O–H groups in total. The van der Waals surface area contributed by atoms with Crippen LogP contribution in [0.25, 0.3) is 0 Å². The number of hydrogen-bond acceptors (Lipinski definition) is 3. The highest BCUT2D eigenvalue weighted by atomic mass is 31.2. The third-order valence-corrected chi connectivity index (χ3v) is 9.48. The van der Waals surface area contributed by atoms with Gasteiger partial charge in [-0.3, -0.25) is 0 Å². The molecule has 3 nitrogen and oxygen atoms in total. The lowest BCUT2D eigenvalue weighted by Crippen LogP contribution is -2.23. The molecule has 0 aromatic heterocycles. The van der Waals surface area contributed by atoms with Gasteiger partial charge in [0.05, 0.1) is 12.3 Å². The number of unbranched alkanes of at least 4 members (excludes halogenated alkanes) is 1. The summed E-state index contributed by atoms with van der Waals surface area (Å²) >= 11 is 0. The SMILES string of the molecule is CCCCOP(C=C1N(C)c2ccccc2C1(C)C)(=Nc1ccc(C)cc1C)c1ccccc1. The largest absolute Gasteiger partial charge is 0.347 e. The summed E-state index contributed by atoms with van der Waals surface area (Å²) in [5.41, 5.74) is 7.14. The van der Waals surface area contributed by atoms with E-state index in [1.54, 1.807) is 0 Å². The van der Waals surface area contributed by atoms with Crippen molar-refractivity contribution in [1.29, 1.82) is 0 Å². The maximum absolute atomic E-state index is 6.89. The van der Waals surface area contributed by atoms with E-state index in [9.17, 15) is 0 Å². The number of rotatable bonds is 7. The fourth-order valence-electron chi connectivity index (χ4n) is 4.76. The molecule has 0 saturated heterocycles. The Labute approximate surface area is 205 Å². The molecule has 0 amide bonds. The van der Waals surface area contributed by atoms with Crippen molar-refractivity contribution in [1.82, 2.24) is 0 Å². The van der Waals surface area contributed by atoms with Crippen LogP contribution in [0.2, 0.25) is 0 Å². The van der Waals surface area contributed by atoms with Gasteiger partial charge in [0.2, 0.25) is 0 Å². The highest BCUT2D eigenvalue weighted by Crippen LogP contribution is 2.58. The summed E-state index contributed by atoms with van der Waals surface area (Å²) in [5, 5.41) is 1.15. The van der Waals surface area contributed by atoms with E-state index in [2.05, 4.69) is 125 Å². The van der Waals surface area contributed by atoms with Gasteiger partial charge in [0.25, 0.3) is 0 Å². The van der Waals surface area contributed by atoms with Crippen molar-refractivity contribution in [3.05, 3.63) is 101 Å². The van der Waals surface area contributed by atoms with Gasteiger partial charge in [0.1, 0.15) is 7.28 Å². The average Bonchev–Trinajstić information content (AvgIpc) is 3.02. The summed E-state index contributed by atoms with van der Waals surface area (Å²) in [6.45, 7) is 11.8. The van der Waals surface area contributed by atoms with E-state index in [-0.39, 0.29) is 5.41 Å². The van der Waals surface area contributed by atoms with E-state index in [4.69, 9.17) is 9.27 Å². The number of nitrogens with zero attached hydrogens (tertiary/aromatic N) is 2. The molecule has 4 rings (SSSR count). The monoisotopic (exact) mass is 472 g/mol. The molecule has 1 unspecified atom stereocenters. The Hall–Kier alpha value is -2.61. The molecule has 0 radical (unpaired) electrons. The Balaban J connectivity index is 2.00. The van der Waals surface area contributed by atoms with Crippen molar-refractivity contribution in [2.45, 2.75) is 52.9 Å². The van der Waals surface area contributed by atoms with Crippen molar-refractivity contribution in [3.63, 3.8) is 0 Å². The predicted molar refractivity (Wildman–Crippen MR) is 148 cm³/mol. The smallest absolute Gasteiger partial charge is 0.143 e. The van der Waals surface area contributed by atoms with E-state index < -0.39 is 7.28 Å². The first-order valence-electron chi connectivity index (χ1n) is 12.2. The number of likely N-dealkylation sites (N-methyl/N-ethyl adjacent to an activating group) is 1. The molecular formula is C30H37N2OP. The fourth-order valence-corrected chi connectivity index (χ4v) is 7.75. The summed E-state index contributed by atoms with van der Waals surface area (Å²) in [6, 6.07) is 25.8. The summed E-state index contributed by atoms with van der Waals surface area (Å²) < 4.78 is 12.4. The molecule has 0 spiro atoms. The van der Waals surface area contributed by atoms with Gasteiger partial charge in [0, 0.05) is 35.0 Å². The molecule has 3 aromatic rings. The second kappa shape index (κ2) is 9.94. The van der Waals surface area contributed by atoms with Gasteiger partial charge in [-0.2, -0.15) is 0 Å². The molecule has 178 valence electrons. The normalized spacial score (nSPS) is 17.5. The second-order valence-electron chi connectivity index (χ2n) is 9.75. The van der Waals surface area contributed by atoms with Crippen LogP contribution in [-0.2, 0) is 9.94 Å². The minimum Gasteiger partial charge on any atom is -0.347 e. The van der Waals surface area contributed by atoms with E-state index in [1.165, 1.54) is 28.1 Å². The molecule has 0 aliphatic carbocycles. The highest BCUT2D eigenvalue weighted by molar-refractivity contribution is 7.72. The zero-order valence-electron chi connectivity index (χ0n) is 21.4. The molecule has 1 atom stereocenters. The first kappa shape index (κ1) is 24.5.